The fourth-order valence-corrected chi connectivity index (χ4v) is 4.06. The Bertz CT molecular complexity index is 820. The number of nitrogens with zero attached hydrogens (tertiary/aromatic N) is 1. The molecule has 1 amide bonds. The monoisotopic (exact) mass is 337 g/mol. The van der Waals surface area contributed by atoms with Crippen LogP contribution in [0, 0.1) is 20.8 Å². The molecule has 1 unspecified atom stereocenters. The van der Waals surface area contributed by atoms with Gasteiger partial charge < -0.3 is 14.4 Å². The van der Waals surface area contributed by atoms with Crippen molar-refractivity contribution < 1.29 is 14.3 Å². The Kier molecular flexibility index (Phi) is 3.91. The van der Waals surface area contributed by atoms with Crippen LogP contribution >= 0.6 is 0 Å². The van der Waals surface area contributed by atoms with Crippen LogP contribution in [0.25, 0.3) is 0 Å². The summed E-state index contributed by atoms with van der Waals surface area (Å²) in [5.41, 5.74) is 5.41. The van der Waals surface area contributed by atoms with Crippen molar-refractivity contribution in [2.24, 2.45) is 0 Å². The van der Waals surface area contributed by atoms with E-state index in [1.54, 1.807) is 0 Å². The Morgan fingerprint density at radius 1 is 1.04 bits per heavy atom. The molecular weight excluding hydrogens is 314 g/mol. The van der Waals surface area contributed by atoms with Gasteiger partial charge in [0.25, 0.3) is 5.91 Å². The summed E-state index contributed by atoms with van der Waals surface area (Å²) in [5, 5.41) is 0. The number of carbonyl (C=O) groups excluding carboxylic acids is 1. The molecular formula is C21H23NO3. The molecule has 1 saturated heterocycles. The zero-order valence-corrected chi connectivity index (χ0v) is 15.0. The molecule has 2 aromatic carbocycles. The lowest BCUT2D eigenvalue weighted by molar-refractivity contribution is 0.0789. The zero-order valence-electron chi connectivity index (χ0n) is 15.0. The van der Waals surface area contributed by atoms with Crippen LogP contribution in [0.2, 0.25) is 0 Å². The zero-order chi connectivity index (χ0) is 17.6. The van der Waals surface area contributed by atoms with E-state index in [0.717, 1.165) is 47.7 Å². The van der Waals surface area contributed by atoms with Gasteiger partial charge in [-0.25, -0.2) is 0 Å². The van der Waals surface area contributed by atoms with Crippen LogP contribution in [-0.4, -0.2) is 30.7 Å². The molecule has 25 heavy (non-hydrogen) atoms. The molecule has 2 aliphatic rings. The first-order valence-corrected chi connectivity index (χ1v) is 8.79. The largest absolute Gasteiger partial charge is 0.454 e. The van der Waals surface area contributed by atoms with Crippen molar-refractivity contribution in [3.05, 3.63) is 58.1 Å². The quantitative estimate of drug-likeness (QED) is 0.832. The molecule has 1 fully saturated rings. The van der Waals surface area contributed by atoms with Gasteiger partial charge in [0.15, 0.2) is 11.5 Å². The van der Waals surface area contributed by atoms with Crippen molar-refractivity contribution >= 4 is 5.91 Å². The van der Waals surface area contributed by atoms with E-state index in [0.29, 0.717) is 12.7 Å². The molecule has 2 heterocycles. The highest BCUT2D eigenvalue weighted by molar-refractivity contribution is 5.97. The van der Waals surface area contributed by atoms with Gasteiger partial charge in [0.05, 0.1) is 0 Å². The number of likely N-dealkylation sites (tertiary alicyclic amines) is 1. The lowest BCUT2D eigenvalue weighted by Gasteiger charge is -2.20. The molecule has 0 bridgehead atoms. The summed E-state index contributed by atoms with van der Waals surface area (Å²) in [7, 11) is 0. The lowest BCUT2D eigenvalue weighted by Crippen LogP contribution is -2.29. The Hall–Kier alpha value is -2.49. The van der Waals surface area contributed by atoms with Gasteiger partial charge in [-0.05, 0) is 56.0 Å². The van der Waals surface area contributed by atoms with Gasteiger partial charge in [-0.15, -0.1) is 0 Å². The highest BCUT2D eigenvalue weighted by atomic mass is 16.7. The van der Waals surface area contributed by atoms with E-state index in [1.807, 2.05) is 24.8 Å². The van der Waals surface area contributed by atoms with Crippen LogP contribution in [0.5, 0.6) is 11.5 Å². The van der Waals surface area contributed by atoms with Crippen LogP contribution in [0.15, 0.2) is 30.3 Å². The van der Waals surface area contributed by atoms with Gasteiger partial charge in [0.2, 0.25) is 6.79 Å². The molecule has 4 nitrogen and oxygen atoms in total. The number of aryl methyl sites for hydroxylation is 3. The second-order valence-electron chi connectivity index (χ2n) is 7.12. The van der Waals surface area contributed by atoms with Crippen molar-refractivity contribution in [1.82, 2.24) is 4.90 Å². The fraction of sp³-hybridized carbons (Fsp3) is 0.381. The molecule has 4 rings (SSSR count). The average molecular weight is 337 g/mol. The average Bonchev–Trinajstić information content (AvgIpc) is 3.22. The van der Waals surface area contributed by atoms with E-state index in [-0.39, 0.29) is 5.91 Å². The van der Waals surface area contributed by atoms with Gasteiger partial charge in [-0.1, -0.05) is 23.8 Å². The third-order valence-corrected chi connectivity index (χ3v) is 5.23. The van der Waals surface area contributed by atoms with E-state index in [9.17, 15) is 4.79 Å². The maximum absolute atomic E-state index is 13.0. The number of carbonyl (C=O) groups is 1. The maximum Gasteiger partial charge on any atom is 0.254 e. The summed E-state index contributed by atoms with van der Waals surface area (Å²) in [6.07, 6.45) is 0.981. The second-order valence-corrected chi connectivity index (χ2v) is 7.12. The first kappa shape index (κ1) is 16.0. The molecule has 0 spiro atoms. The van der Waals surface area contributed by atoms with Crippen LogP contribution in [0.1, 0.15) is 45.0 Å². The van der Waals surface area contributed by atoms with E-state index in [4.69, 9.17) is 9.47 Å². The summed E-state index contributed by atoms with van der Waals surface area (Å²) >= 11 is 0. The van der Waals surface area contributed by atoms with Gasteiger partial charge in [0, 0.05) is 24.6 Å². The van der Waals surface area contributed by atoms with Crippen molar-refractivity contribution in [2.45, 2.75) is 33.1 Å². The van der Waals surface area contributed by atoms with Crippen LogP contribution in [0.3, 0.4) is 0 Å². The van der Waals surface area contributed by atoms with Crippen molar-refractivity contribution in [3.8, 4) is 11.5 Å². The number of hydrogen-bond acceptors (Lipinski definition) is 3. The Balaban J connectivity index is 1.54. The minimum atomic E-state index is 0.151. The molecule has 2 aromatic rings. The minimum Gasteiger partial charge on any atom is -0.454 e. The summed E-state index contributed by atoms with van der Waals surface area (Å²) in [6, 6.07) is 10.3. The third kappa shape index (κ3) is 2.86. The Morgan fingerprint density at radius 2 is 1.76 bits per heavy atom. The van der Waals surface area contributed by atoms with Gasteiger partial charge in [0.1, 0.15) is 0 Å². The predicted octanol–water partition coefficient (Wildman–Crippen LogP) is 3.97. The predicted molar refractivity (Wildman–Crippen MR) is 96.5 cm³/mol. The molecule has 2 aliphatic heterocycles. The second kappa shape index (κ2) is 6.10. The van der Waals surface area contributed by atoms with Crippen molar-refractivity contribution in [1.29, 1.82) is 0 Å². The summed E-state index contributed by atoms with van der Waals surface area (Å²) < 4.78 is 10.9. The molecule has 1 atom stereocenters. The lowest BCUT2D eigenvalue weighted by atomic mass is 9.97. The fourth-order valence-electron chi connectivity index (χ4n) is 4.06. The molecule has 0 aliphatic carbocycles. The summed E-state index contributed by atoms with van der Waals surface area (Å²) in [6.45, 7) is 7.97. The van der Waals surface area contributed by atoms with Crippen LogP contribution in [0.4, 0.5) is 0 Å². The maximum atomic E-state index is 13.0. The van der Waals surface area contributed by atoms with Crippen molar-refractivity contribution in [2.75, 3.05) is 19.9 Å². The molecule has 0 aromatic heterocycles. The van der Waals surface area contributed by atoms with Crippen molar-refractivity contribution in [3.63, 3.8) is 0 Å². The molecule has 130 valence electrons. The topological polar surface area (TPSA) is 38.8 Å². The smallest absolute Gasteiger partial charge is 0.254 e. The molecule has 0 saturated carbocycles. The normalized spacial score (nSPS) is 18.7. The first-order valence-electron chi connectivity index (χ1n) is 8.79. The third-order valence-electron chi connectivity index (χ3n) is 5.23. The van der Waals surface area contributed by atoms with E-state index < -0.39 is 0 Å². The number of hydrogen-bond donors (Lipinski definition) is 0. The number of ether oxygens (including phenoxy) is 2. The molecule has 0 N–H and O–H groups in total. The number of benzene rings is 2. The first-order chi connectivity index (χ1) is 12.0. The van der Waals surface area contributed by atoms with Gasteiger partial charge in [-0.3, -0.25) is 4.79 Å². The summed E-state index contributed by atoms with van der Waals surface area (Å²) in [4.78, 5) is 15.0. The van der Waals surface area contributed by atoms with Gasteiger partial charge >= 0.3 is 0 Å². The van der Waals surface area contributed by atoms with E-state index in [1.165, 1.54) is 11.1 Å². The van der Waals surface area contributed by atoms with Gasteiger partial charge in [-0.2, -0.15) is 0 Å². The minimum absolute atomic E-state index is 0.151. The number of rotatable bonds is 2. The molecule has 0 radical (unpaired) electrons. The SMILES string of the molecule is Cc1cc(C)c(C(=O)N2CCC(c3ccc4c(c3)OCO4)C2)c(C)c1. The Morgan fingerprint density at radius 3 is 2.52 bits per heavy atom. The van der Waals surface area contributed by atoms with Crippen LogP contribution < -0.4 is 9.47 Å². The Labute approximate surface area is 148 Å². The number of fused-ring (bicyclic) bond motifs is 1. The summed E-state index contributed by atoms with van der Waals surface area (Å²) in [5.74, 6) is 2.12. The number of amides is 1. The highest BCUT2D eigenvalue weighted by Gasteiger charge is 2.30. The standard InChI is InChI=1S/C21H23NO3/c1-13-8-14(2)20(15(3)9-13)21(23)22-7-6-17(11-22)16-4-5-18-19(10-16)25-12-24-18/h4-5,8-10,17H,6-7,11-12H2,1-3H3. The van der Waals surface area contributed by atoms with Crippen LogP contribution in [-0.2, 0) is 0 Å². The highest BCUT2D eigenvalue weighted by Crippen LogP contribution is 2.37. The van der Waals surface area contributed by atoms with E-state index in [2.05, 4.69) is 31.2 Å². The molecule has 4 heteroatoms. The van der Waals surface area contributed by atoms with E-state index >= 15 is 0 Å².